The van der Waals surface area contributed by atoms with Crippen LogP contribution in [0.4, 0.5) is 0 Å². The van der Waals surface area contributed by atoms with Gasteiger partial charge in [0.05, 0.1) is 29.0 Å². The zero-order valence-corrected chi connectivity index (χ0v) is 29.0. The van der Waals surface area contributed by atoms with Gasteiger partial charge in [0.2, 0.25) is 0 Å². The lowest BCUT2D eigenvalue weighted by molar-refractivity contribution is -0.226. The fourth-order valence-electron chi connectivity index (χ4n) is 11.4. The van der Waals surface area contributed by atoms with Crippen LogP contribution in [0.5, 0.6) is 0 Å². The molecule has 2 saturated heterocycles. The molecule has 0 bridgehead atoms. The van der Waals surface area contributed by atoms with Gasteiger partial charge in [0.1, 0.15) is 6.10 Å². The molecule has 4 heteroatoms. The summed E-state index contributed by atoms with van der Waals surface area (Å²) in [5, 5.41) is 2.59. The van der Waals surface area contributed by atoms with E-state index in [9.17, 15) is 0 Å². The molecule has 5 aromatic rings. The zero-order valence-electron chi connectivity index (χ0n) is 29.0. The highest BCUT2D eigenvalue weighted by Crippen LogP contribution is 2.67. The van der Waals surface area contributed by atoms with Gasteiger partial charge in [-0.1, -0.05) is 79.3 Å². The number of benzene rings is 3. The number of aromatic amines is 1. The van der Waals surface area contributed by atoms with Gasteiger partial charge in [-0.25, -0.2) is 0 Å². The lowest BCUT2D eigenvalue weighted by atomic mass is 9.44. The SMILES string of the molecule is C1=CC2OC3C=C(c4ccc[nH]4)C=CC3C3(C4CCCC=C4OC4CCCCC43)C2C=C1c1ccc2c(c1)c1ccccc1n2-c1ccccc1. The first-order valence-corrected chi connectivity index (χ1v) is 19.3. The lowest BCUT2D eigenvalue weighted by Crippen LogP contribution is -2.65. The molecule has 8 unspecified atom stereocenters. The Kier molecular flexibility index (Phi) is 6.80. The summed E-state index contributed by atoms with van der Waals surface area (Å²) in [7, 11) is 0. The number of rotatable bonds is 3. The number of ether oxygens (including phenoxy) is 2. The van der Waals surface area contributed by atoms with Crippen LogP contribution in [0.15, 0.2) is 139 Å². The van der Waals surface area contributed by atoms with Crippen molar-refractivity contribution in [3.05, 3.63) is 151 Å². The van der Waals surface area contributed by atoms with Gasteiger partial charge in [-0.3, -0.25) is 0 Å². The number of fused-ring (bicyclic) bond motifs is 11. The number of aromatic nitrogens is 2. The molecule has 3 fully saturated rings. The van der Waals surface area contributed by atoms with Crippen molar-refractivity contribution in [2.24, 2.45) is 29.1 Å². The van der Waals surface area contributed by atoms with Crippen molar-refractivity contribution in [3.63, 3.8) is 0 Å². The minimum atomic E-state index is 0.0148. The number of allylic oxidation sites excluding steroid dienone is 6. The number of hydrogen-bond donors (Lipinski definition) is 1. The predicted molar refractivity (Wildman–Crippen MR) is 206 cm³/mol. The third-order valence-corrected chi connectivity index (χ3v) is 13.4. The Bertz CT molecular complexity index is 2300. The van der Waals surface area contributed by atoms with E-state index < -0.39 is 0 Å². The molecule has 254 valence electrons. The van der Waals surface area contributed by atoms with Crippen LogP contribution in [0.2, 0.25) is 0 Å². The molecule has 4 heterocycles. The molecule has 51 heavy (non-hydrogen) atoms. The maximum atomic E-state index is 7.24. The summed E-state index contributed by atoms with van der Waals surface area (Å²) >= 11 is 0. The van der Waals surface area contributed by atoms with E-state index in [-0.39, 0.29) is 35.6 Å². The van der Waals surface area contributed by atoms with Gasteiger partial charge in [0, 0.05) is 57.4 Å². The summed E-state index contributed by atoms with van der Waals surface area (Å²) in [6, 6.07) is 31.0. The van der Waals surface area contributed by atoms with Crippen LogP contribution in [0.3, 0.4) is 0 Å². The lowest BCUT2D eigenvalue weighted by Gasteiger charge is -2.66. The second kappa shape index (κ2) is 11.6. The molecule has 0 radical (unpaired) electrons. The Labute approximate surface area is 299 Å². The highest BCUT2D eigenvalue weighted by Gasteiger charge is 2.66. The second-order valence-corrected chi connectivity index (χ2v) is 15.7. The number of para-hydroxylation sites is 2. The Morgan fingerprint density at radius 3 is 2.49 bits per heavy atom. The minimum Gasteiger partial charge on any atom is -0.494 e. The maximum Gasteiger partial charge on any atom is 0.102 e. The molecule has 1 saturated carbocycles. The van der Waals surface area contributed by atoms with E-state index in [2.05, 4.69) is 137 Å². The number of hydrogen-bond acceptors (Lipinski definition) is 2. The van der Waals surface area contributed by atoms with Crippen LogP contribution >= 0.6 is 0 Å². The fourth-order valence-corrected chi connectivity index (χ4v) is 11.4. The Morgan fingerprint density at radius 1 is 0.706 bits per heavy atom. The number of nitrogens with one attached hydrogen (secondary N) is 1. The van der Waals surface area contributed by atoms with Crippen molar-refractivity contribution in [3.8, 4) is 5.69 Å². The normalized spacial score (nSPS) is 32.3. The Hall–Kier alpha value is -4.80. The quantitative estimate of drug-likeness (QED) is 0.208. The van der Waals surface area contributed by atoms with E-state index in [0.717, 1.165) is 18.5 Å². The van der Waals surface area contributed by atoms with Gasteiger partial charge >= 0.3 is 0 Å². The fraction of sp³-hybridized carbons (Fsp3) is 0.319. The van der Waals surface area contributed by atoms with Gasteiger partial charge in [-0.2, -0.15) is 0 Å². The minimum absolute atomic E-state index is 0.0148. The summed E-state index contributed by atoms with van der Waals surface area (Å²) in [5.74, 6) is 2.72. The molecule has 8 atom stereocenters. The van der Waals surface area contributed by atoms with Crippen LogP contribution in [0.25, 0.3) is 38.6 Å². The van der Waals surface area contributed by atoms with Gasteiger partial charge in [-0.15, -0.1) is 0 Å². The molecule has 4 nitrogen and oxygen atoms in total. The summed E-state index contributed by atoms with van der Waals surface area (Å²) < 4.78 is 16.7. The van der Waals surface area contributed by atoms with Gasteiger partial charge in [-0.05, 0) is 110 Å². The average molecular weight is 669 g/mol. The van der Waals surface area contributed by atoms with E-state index in [1.165, 1.54) is 82.1 Å². The largest absolute Gasteiger partial charge is 0.494 e. The first kappa shape index (κ1) is 29.9. The summed E-state index contributed by atoms with van der Waals surface area (Å²) in [4.78, 5) is 3.45. The monoisotopic (exact) mass is 668 g/mol. The van der Waals surface area contributed by atoms with E-state index in [4.69, 9.17) is 9.47 Å². The topological polar surface area (TPSA) is 39.2 Å². The first-order valence-electron chi connectivity index (χ1n) is 19.3. The molecule has 4 aliphatic carbocycles. The molecule has 0 amide bonds. The zero-order chi connectivity index (χ0) is 33.5. The van der Waals surface area contributed by atoms with Gasteiger partial charge < -0.3 is 19.0 Å². The van der Waals surface area contributed by atoms with Crippen molar-refractivity contribution >= 4 is 33.0 Å². The Morgan fingerprint density at radius 2 is 1.57 bits per heavy atom. The van der Waals surface area contributed by atoms with Crippen molar-refractivity contribution in [1.29, 1.82) is 0 Å². The molecule has 2 aliphatic heterocycles. The molecule has 3 aromatic carbocycles. The second-order valence-electron chi connectivity index (χ2n) is 15.7. The van der Waals surface area contributed by atoms with Crippen molar-refractivity contribution < 1.29 is 9.47 Å². The van der Waals surface area contributed by atoms with E-state index >= 15 is 0 Å². The van der Waals surface area contributed by atoms with Crippen LogP contribution in [-0.4, -0.2) is 27.9 Å². The van der Waals surface area contributed by atoms with Gasteiger partial charge in [0.25, 0.3) is 0 Å². The first-order chi connectivity index (χ1) is 25.3. The summed E-state index contributed by atoms with van der Waals surface area (Å²) in [6.07, 6.45) is 28.1. The van der Waals surface area contributed by atoms with Crippen molar-refractivity contribution in [1.82, 2.24) is 9.55 Å². The molecule has 2 aromatic heterocycles. The highest BCUT2D eigenvalue weighted by molar-refractivity contribution is 6.10. The van der Waals surface area contributed by atoms with E-state index in [1.54, 1.807) is 0 Å². The number of H-pyrrole nitrogens is 1. The van der Waals surface area contributed by atoms with Gasteiger partial charge in [0.15, 0.2) is 0 Å². The molecular weight excluding hydrogens is 625 g/mol. The molecule has 1 N–H and O–H groups in total. The standard InChI is InChI=1S/C47H44N2O2/c1-2-11-33(12-3-1)49-41-17-7-4-13-34(41)35-27-30(21-24-42(35)49)31-22-25-45-39(28-31)47(38-23-20-32(29-46(38)51-45)40-16-10-26-48-40)36-14-5-8-18-43(36)50-44-19-9-6-15-37(44)47/h1-4,7,10-13,16-18,20-29,36-39,44-46,48H,5-6,8-9,14-15,19H2. The van der Waals surface area contributed by atoms with E-state index in [0.29, 0.717) is 11.8 Å². The predicted octanol–water partition coefficient (Wildman–Crippen LogP) is 11.0. The maximum absolute atomic E-state index is 7.24. The molecule has 6 aliphatic rings. The average Bonchev–Trinajstić information content (AvgIpc) is 3.85. The van der Waals surface area contributed by atoms with Crippen LogP contribution in [0, 0.1) is 29.1 Å². The third-order valence-electron chi connectivity index (χ3n) is 13.4. The number of nitrogens with zero attached hydrogens (tertiary/aromatic N) is 1. The summed E-state index contributed by atoms with van der Waals surface area (Å²) in [6.45, 7) is 0. The smallest absolute Gasteiger partial charge is 0.102 e. The molecule has 11 rings (SSSR count). The highest BCUT2D eigenvalue weighted by atomic mass is 16.5. The third kappa shape index (κ3) is 4.42. The van der Waals surface area contributed by atoms with Crippen LogP contribution in [-0.2, 0) is 9.47 Å². The van der Waals surface area contributed by atoms with Crippen LogP contribution in [0.1, 0.15) is 56.2 Å². The van der Waals surface area contributed by atoms with E-state index in [1.807, 2.05) is 6.20 Å². The van der Waals surface area contributed by atoms with Crippen molar-refractivity contribution in [2.75, 3.05) is 0 Å². The summed E-state index contributed by atoms with van der Waals surface area (Å²) in [5.41, 5.74) is 8.70. The Balaban J connectivity index is 1.08. The molecule has 1 spiro atoms. The van der Waals surface area contributed by atoms with Crippen LogP contribution < -0.4 is 0 Å². The van der Waals surface area contributed by atoms with Crippen molar-refractivity contribution in [2.45, 2.75) is 63.3 Å². The molecular formula is C47H44N2O2.